The molecule has 284 valence electrons. The summed E-state index contributed by atoms with van der Waals surface area (Å²) in [6.45, 7) is 9.20. The van der Waals surface area contributed by atoms with Crippen molar-refractivity contribution in [3.05, 3.63) is 138 Å². The molecule has 2 saturated heterocycles. The van der Waals surface area contributed by atoms with Gasteiger partial charge in [0.05, 0.1) is 30.2 Å². The second-order valence-electron chi connectivity index (χ2n) is 16.3. The molecule has 0 unspecified atom stereocenters. The molecular formula is C46H52BNO6Si. The number of aromatic hydroxyl groups is 1. The van der Waals surface area contributed by atoms with Gasteiger partial charge in [0.1, 0.15) is 5.75 Å². The third kappa shape index (κ3) is 7.68. The highest BCUT2D eigenvalue weighted by Gasteiger charge is 2.58. The van der Waals surface area contributed by atoms with Crippen LogP contribution in [-0.2, 0) is 18.7 Å². The van der Waals surface area contributed by atoms with Gasteiger partial charge in [-0.05, 0) is 94.3 Å². The summed E-state index contributed by atoms with van der Waals surface area (Å²) in [5.74, 6) is -1.72. The lowest BCUT2D eigenvalue weighted by atomic mass is 9.58. The summed E-state index contributed by atoms with van der Waals surface area (Å²) in [6.07, 6.45) is 5.42. The molecule has 2 N–H and O–H groups in total. The first-order valence-corrected chi connectivity index (χ1v) is 21.6. The number of imide groups is 1. The SMILES string of the molecule is CCC/C(=C\c1cccc(O)c1)CC[C@H]1OB(O)C[C@H]2C1=C(CO[Si](c1ccccc1)(c1ccccc1)C(C)(C)C)C[C@H]1C(=O)N(c3ccccc3)C(=O)[C@H]12. The number of carbonyl (C=O) groups excluding carboxylic acids is 2. The number of hydrogen-bond acceptors (Lipinski definition) is 6. The Kier molecular flexibility index (Phi) is 11.5. The van der Waals surface area contributed by atoms with Crippen molar-refractivity contribution in [1.29, 1.82) is 0 Å². The molecule has 9 heteroatoms. The maximum atomic E-state index is 14.4. The number of amides is 2. The molecule has 2 aliphatic heterocycles. The number of carbonyl (C=O) groups is 2. The number of hydrogen-bond donors (Lipinski definition) is 2. The molecule has 55 heavy (non-hydrogen) atoms. The molecule has 0 aromatic heterocycles. The fourth-order valence-electron chi connectivity index (χ4n) is 9.44. The minimum atomic E-state index is -2.97. The number of benzene rings is 4. The molecule has 3 aliphatic rings. The molecule has 7 nitrogen and oxygen atoms in total. The summed E-state index contributed by atoms with van der Waals surface area (Å²) in [7, 11) is -4.04. The molecule has 0 saturated carbocycles. The van der Waals surface area contributed by atoms with E-state index in [0.717, 1.165) is 29.6 Å². The average molecular weight is 754 g/mol. The van der Waals surface area contributed by atoms with E-state index < -0.39 is 33.4 Å². The first-order chi connectivity index (χ1) is 26.5. The molecule has 0 bridgehead atoms. The smallest absolute Gasteiger partial charge is 0.455 e. The van der Waals surface area contributed by atoms with Crippen molar-refractivity contribution in [3.8, 4) is 5.75 Å². The van der Waals surface area contributed by atoms with E-state index in [0.29, 0.717) is 24.9 Å². The molecule has 2 heterocycles. The number of fused-ring (bicyclic) bond motifs is 3. The van der Waals surface area contributed by atoms with Crippen LogP contribution in [0.15, 0.2) is 132 Å². The molecule has 7 rings (SSSR count). The monoisotopic (exact) mass is 753 g/mol. The van der Waals surface area contributed by atoms with Gasteiger partial charge < -0.3 is 19.2 Å². The number of nitrogens with zero attached hydrogens (tertiary/aromatic N) is 1. The highest BCUT2D eigenvalue weighted by molar-refractivity contribution is 6.99. The Morgan fingerprint density at radius 2 is 1.51 bits per heavy atom. The van der Waals surface area contributed by atoms with Gasteiger partial charge in [-0.15, -0.1) is 0 Å². The van der Waals surface area contributed by atoms with Gasteiger partial charge in [0.15, 0.2) is 0 Å². The number of allylic oxidation sites excluding steroid dienone is 1. The predicted octanol–water partition coefficient (Wildman–Crippen LogP) is 7.93. The van der Waals surface area contributed by atoms with Gasteiger partial charge in [0.2, 0.25) is 11.8 Å². The number of phenols is 1. The summed E-state index contributed by atoms with van der Waals surface area (Å²) in [5.41, 5.74) is 4.73. The van der Waals surface area contributed by atoms with Crippen molar-refractivity contribution < 1.29 is 28.8 Å². The second kappa shape index (κ2) is 16.3. The van der Waals surface area contributed by atoms with E-state index in [1.54, 1.807) is 12.1 Å². The van der Waals surface area contributed by atoms with Crippen molar-refractivity contribution in [2.75, 3.05) is 11.5 Å². The Morgan fingerprint density at radius 3 is 2.11 bits per heavy atom. The quantitative estimate of drug-likeness (QED) is 0.0867. The van der Waals surface area contributed by atoms with Crippen molar-refractivity contribution >= 4 is 49.4 Å². The number of phenolic OH excluding ortho intramolecular Hbond substituents is 1. The summed E-state index contributed by atoms with van der Waals surface area (Å²) in [6, 6.07) is 37.5. The average Bonchev–Trinajstić information content (AvgIpc) is 3.43. The third-order valence-corrected chi connectivity index (χ3v) is 16.7. The van der Waals surface area contributed by atoms with Crippen LogP contribution in [0.5, 0.6) is 5.75 Å². The molecule has 2 amide bonds. The maximum Gasteiger partial charge on any atom is 0.455 e. The standard InChI is InChI=1S/C46H52BNO6Si/c1-5-16-32(27-33-17-15-20-36(49)28-33)25-26-41-42-34(31-53-55(46(2,3)4,37-21-11-7-12-22-37)38-23-13-8-14-24-38)29-39-43(40(42)30-47(52)54-41)45(51)48(44(39)50)35-18-9-6-10-19-35/h6-15,17-24,27-28,39-41,43,49,52H,5,16,25-26,29-31H2,1-4H3/b32-27+/t39-,40+,41-,43-/m1/s1. The molecule has 4 aromatic rings. The lowest BCUT2D eigenvalue weighted by Gasteiger charge is -2.46. The van der Waals surface area contributed by atoms with E-state index in [2.05, 4.69) is 82.3 Å². The molecule has 0 radical (unpaired) electrons. The van der Waals surface area contributed by atoms with Crippen LogP contribution in [0.1, 0.15) is 65.4 Å². The topological polar surface area (TPSA) is 96.3 Å². The fourth-order valence-corrected chi connectivity index (χ4v) is 14.0. The number of anilines is 1. The van der Waals surface area contributed by atoms with Gasteiger partial charge in [0.25, 0.3) is 8.32 Å². The Bertz CT molecular complexity index is 2010. The number of para-hydroxylation sites is 1. The second-order valence-corrected chi connectivity index (χ2v) is 20.6. The normalized spacial score (nSPS) is 21.9. The molecule has 1 aliphatic carbocycles. The fraction of sp³-hybridized carbons (Fsp3) is 0.348. The Hall–Kier alpha value is -4.54. The van der Waals surface area contributed by atoms with Crippen LogP contribution < -0.4 is 15.3 Å². The summed E-state index contributed by atoms with van der Waals surface area (Å²) < 4.78 is 14.0. The summed E-state index contributed by atoms with van der Waals surface area (Å²) in [5, 5.41) is 23.6. The lowest BCUT2D eigenvalue weighted by molar-refractivity contribution is -0.122. The first-order valence-electron chi connectivity index (χ1n) is 19.7. The van der Waals surface area contributed by atoms with Crippen molar-refractivity contribution in [3.63, 3.8) is 0 Å². The van der Waals surface area contributed by atoms with E-state index in [4.69, 9.17) is 9.08 Å². The Morgan fingerprint density at radius 1 is 0.873 bits per heavy atom. The minimum absolute atomic E-state index is 0.194. The molecular weight excluding hydrogens is 701 g/mol. The Labute approximate surface area is 327 Å². The van der Waals surface area contributed by atoms with Crippen LogP contribution in [0.25, 0.3) is 6.08 Å². The summed E-state index contributed by atoms with van der Waals surface area (Å²) in [4.78, 5) is 30.2. The number of rotatable bonds is 12. The van der Waals surface area contributed by atoms with Gasteiger partial charge in [-0.25, -0.2) is 0 Å². The summed E-state index contributed by atoms with van der Waals surface area (Å²) >= 11 is 0. The zero-order chi connectivity index (χ0) is 38.7. The van der Waals surface area contributed by atoms with E-state index in [9.17, 15) is 19.7 Å². The van der Waals surface area contributed by atoms with E-state index >= 15 is 0 Å². The predicted molar refractivity (Wildman–Crippen MR) is 222 cm³/mol. The minimum Gasteiger partial charge on any atom is -0.508 e. The largest absolute Gasteiger partial charge is 0.508 e. The highest BCUT2D eigenvalue weighted by atomic mass is 28.4. The van der Waals surface area contributed by atoms with Crippen LogP contribution in [0, 0.1) is 17.8 Å². The van der Waals surface area contributed by atoms with Crippen LogP contribution in [0.2, 0.25) is 11.4 Å². The van der Waals surface area contributed by atoms with Crippen LogP contribution in [0.4, 0.5) is 5.69 Å². The van der Waals surface area contributed by atoms with Gasteiger partial charge in [0, 0.05) is 0 Å². The van der Waals surface area contributed by atoms with E-state index in [-0.39, 0.29) is 41.4 Å². The van der Waals surface area contributed by atoms with Crippen LogP contribution >= 0.6 is 0 Å². The molecule has 4 aromatic carbocycles. The molecule has 2 fully saturated rings. The van der Waals surface area contributed by atoms with Gasteiger partial charge in [-0.1, -0.05) is 137 Å². The van der Waals surface area contributed by atoms with Gasteiger partial charge in [-0.2, -0.15) is 0 Å². The van der Waals surface area contributed by atoms with Crippen LogP contribution in [-0.4, -0.2) is 50.1 Å². The molecule has 0 spiro atoms. The Balaban J connectivity index is 1.31. The lowest BCUT2D eigenvalue weighted by Crippen LogP contribution is -2.66. The van der Waals surface area contributed by atoms with Gasteiger partial charge in [-0.3, -0.25) is 14.5 Å². The first kappa shape index (κ1) is 38.7. The van der Waals surface area contributed by atoms with Crippen LogP contribution in [0.3, 0.4) is 0 Å². The zero-order valence-electron chi connectivity index (χ0n) is 32.4. The van der Waals surface area contributed by atoms with E-state index in [1.807, 2.05) is 54.6 Å². The van der Waals surface area contributed by atoms with Crippen molar-refractivity contribution in [2.24, 2.45) is 17.8 Å². The van der Waals surface area contributed by atoms with E-state index in [1.165, 1.54) is 20.8 Å². The van der Waals surface area contributed by atoms with Crippen molar-refractivity contribution in [1.82, 2.24) is 0 Å². The zero-order valence-corrected chi connectivity index (χ0v) is 33.4. The molecule has 4 atom stereocenters. The van der Waals surface area contributed by atoms with Gasteiger partial charge >= 0.3 is 7.12 Å². The van der Waals surface area contributed by atoms with Crippen molar-refractivity contribution in [2.45, 2.75) is 77.3 Å². The third-order valence-electron chi connectivity index (χ3n) is 11.7. The maximum absolute atomic E-state index is 14.4. The highest BCUT2D eigenvalue weighted by Crippen LogP contribution is 2.52.